The summed E-state index contributed by atoms with van der Waals surface area (Å²) >= 11 is 5.95. The van der Waals surface area contributed by atoms with E-state index in [1.807, 2.05) is 20.8 Å². The Bertz CT molecular complexity index is 619. The third-order valence-corrected chi connectivity index (χ3v) is 2.72. The van der Waals surface area contributed by atoms with Gasteiger partial charge in [-0.15, -0.1) is 4.98 Å². The second kappa shape index (κ2) is 5.92. The third-order valence-electron chi connectivity index (χ3n) is 2.29. The van der Waals surface area contributed by atoms with Crippen LogP contribution >= 0.6 is 11.6 Å². The Morgan fingerprint density at radius 3 is 2.50 bits per heavy atom. The van der Waals surface area contributed by atoms with Crippen molar-refractivity contribution >= 4 is 17.5 Å². The smallest absolute Gasteiger partial charge is 0.330 e. The van der Waals surface area contributed by atoms with Gasteiger partial charge in [-0.1, -0.05) is 11.6 Å². The van der Waals surface area contributed by atoms with Crippen LogP contribution < -0.4 is 15.2 Å². The molecule has 0 bridgehead atoms. The minimum absolute atomic E-state index is 0.0383. The lowest BCUT2D eigenvalue weighted by atomic mass is 10.2. The van der Waals surface area contributed by atoms with Gasteiger partial charge in [0.05, 0.1) is 6.10 Å². The number of halogens is 1. The van der Waals surface area contributed by atoms with Gasteiger partial charge in [0, 0.05) is 5.02 Å². The highest BCUT2D eigenvalue weighted by atomic mass is 35.5. The van der Waals surface area contributed by atoms with Crippen LogP contribution in [-0.4, -0.2) is 21.1 Å². The summed E-state index contributed by atoms with van der Waals surface area (Å²) < 4.78 is 10.9. The largest absolute Gasteiger partial charge is 0.461 e. The Kier molecular flexibility index (Phi) is 4.24. The molecule has 0 aliphatic carbocycles. The van der Waals surface area contributed by atoms with Gasteiger partial charge in [-0.3, -0.25) is 0 Å². The fourth-order valence-corrected chi connectivity index (χ4v) is 1.57. The Morgan fingerprint density at radius 1 is 1.15 bits per heavy atom. The normalized spacial score (nSPS) is 10.7. The Morgan fingerprint density at radius 2 is 1.85 bits per heavy atom. The van der Waals surface area contributed by atoms with Gasteiger partial charge < -0.3 is 15.2 Å². The van der Waals surface area contributed by atoms with Gasteiger partial charge in [0.1, 0.15) is 5.75 Å². The molecule has 0 fully saturated rings. The van der Waals surface area contributed by atoms with Crippen LogP contribution in [0.15, 0.2) is 18.2 Å². The number of hydrogen-bond donors (Lipinski definition) is 1. The molecule has 2 N–H and O–H groups in total. The first-order chi connectivity index (χ1) is 9.44. The number of ether oxygens (including phenoxy) is 2. The van der Waals surface area contributed by atoms with E-state index in [1.165, 1.54) is 0 Å². The molecule has 7 heteroatoms. The van der Waals surface area contributed by atoms with E-state index < -0.39 is 0 Å². The summed E-state index contributed by atoms with van der Waals surface area (Å²) in [6, 6.07) is 5.45. The van der Waals surface area contributed by atoms with E-state index in [9.17, 15) is 0 Å². The topological polar surface area (TPSA) is 83.2 Å². The van der Waals surface area contributed by atoms with Crippen molar-refractivity contribution in [1.82, 2.24) is 15.0 Å². The van der Waals surface area contributed by atoms with E-state index in [1.54, 1.807) is 18.2 Å². The molecular formula is C13H15ClN4O2. The number of anilines is 1. The van der Waals surface area contributed by atoms with E-state index in [0.717, 1.165) is 5.56 Å². The number of hydrogen-bond acceptors (Lipinski definition) is 6. The van der Waals surface area contributed by atoms with E-state index in [2.05, 4.69) is 15.0 Å². The zero-order chi connectivity index (χ0) is 14.7. The summed E-state index contributed by atoms with van der Waals surface area (Å²) in [6.45, 7) is 5.61. The lowest BCUT2D eigenvalue weighted by Gasteiger charge is -2.10. The molecule has 0 amide bonds. The van der Waals surface area contributed by atoms with Crippen LogP contribution in [0, 0.1) is 6.92 Å². The molecule has 0 aliphatic rings. The predicted molar refractivity (Wildman–Crippen MR) is 76.3 cm³/mol. The van der Waals surface area contributed by atoms with Crippen molar-refractivity contribution in [2.45, 2.75) is 26.9 Å². The average molecular weight is 295 g/mol. The van der Waals surface area contributed by atoms with E-state index in [0.29, 0.717) is 10.8 Å². The first-order valence-electron chi connectivity index (χ1n) is 6.06. The molecule has 0 radical (unpaired) electrons. The van der Waals surface area contributed by atoms with Crippen LogP contribution in [0.3, 0.4) is 0 Å². The second-order valence-corrected chi connectivity index (χ2v) is 4.85. The van der Waals surface area contributed by atoms with E-state index in [-0.39, 0.29) is 24.1 Å². The van der Waals surface area contributed by atoms with Crippen molar-refractivity contribution in [2.24, 2.45) is 0 Å². The molecule has 0 saturated heterocycles. The molecular weight excluding hydrogens is 280 g/mol. The van der Waals surface area contributed by atoms with Crippen LogP contribution in [0.5, 0.6) is 17.8 Å². The van der Waals surface area contributed by atoms with Gasteiger partial charge in [-0.05, 0) is 44.5 Å². The van der Waals surface area contributed by atoms with Gasteiger partial charge in [-0.2, -0.15) is 9.97 Å². The standard InChI is InChI=1S/C13H15ClN4O2/c1-7(2)19-12-16-11(15)17-13(18-12)20-9-4-5-10(14)8(3)6-9/h4-7H,1-3H3,(H2,15,16,17,18). The zero-order valence-electron chi connectivity index (χ0n) is 11.4. The average Bonchev–Trinajstić information content (AvgIpc) is 2.32. The highest BCUT2D eigenvalue weighted by molar-refractivity contribution is 6.31. The fourth-order valence-electron chi connectivity index (χ4n) is 1.45. The van der Waals surface area contributed by atoms with Crippen molar-refractivity contribution < 1.29 is 9.47 Å². The lowest BCUT2D eigenvalue weighted by Crippen LogP contribution is -2.11. The minimum Gasteiger partial charge on any atom is -0.461 e. The molecule has 0 saturated carbocycles. The highest BCUT2D eigenvalue weighted by Gasteiger charge is 2.09. The van der Waals surface area contributed by atoms with Crippen molar-refractivity contribution in [3.05, 3.63) is 28.8 Å². The Hall–Kier alpha value is -2.08. The van der Waals surface area contributed by atoms with Crippen LogP contribution in [0.1, 0.15) is 19.4 Å². The first-order valence-corrected chi connectivity index (χ1v) is 6.44. The fraction of sp³-hybridized carbons (Fsp3) is 0.308. The zero-order valence-corrected chi connectivity index (χ0v) is 12.2. The van der Waals surface area contributed by atoms with Crippen LogP contribution in [0.25, 0.3) is 0 Å². The molecule has 20 heavy (non-hydrogen) atoms. The molecule has 0 spiro atoms. The van der Waals surface area contributed by atoms with Crippen molar-refractivity contribution in [3.63, 3.8) is 0 Å². The monoisotopic (exact) mass is 294 g/mol. The molecule has 2 aromatic rings. The summed E-state index contributed by atoms with van der Waals surface area (Å²) in [4.78, 5) is 11.8. The number of rotatable bonds is 4. The minimum atomic E-state index is -0.0672. The number of benzene rings is 1. The van der Waals surface area contributed by atoms with Gasteiger partial charge >= 0.3 is 12.0 Å². The summed E-state index contributed by atoms with van der Waals surface area (Å²) in [5, 5.41) is 0.663. The summed E-state index contributed by atoms with van der Waals surface area (Å²) in [5.41, 5.74) is 6.49. The Labute approximate surface area is 121 Å². The molecule has 0 unspecified atom stereocenters. The maximum atomic E-state index is 5.95. The van der Waals surface area contributed by atoms with Gasteiger partial charge in [0.15, 0.2) is 0 Å². The molecule has 0 atom stereocenters. The van der Waals surface area contributed by atoms with E-state index >= 15 is 0 Å². The molecule has 0 aliphatic heterocycles. The van der Waals surface area contributed by atoms with Crippen molar-refractivity contribution in [1.29, 1.82) is 0 Å². The van der Waals surface area contributed by atoms with Crippen LogP contribution in [0.4, 0.5) is 5.95 Å². The summed E-state index contributed by atoms with van der Waals surface area (Å²) in [6.07, 6.45) is -0.0672. The highest BCUT2D eigenvalue weighted by Crippen LogP contribution is 2.25. The SMILES string of the molecule is Cc1cc(Oc2nc(N)nc(OC(C)C)n2)ccc1Cl. The molecule has 1 heterocycles. The van der Waals surface area contributed by atoms with Crippen molar-refractivity contribution in [3.8, 4) is 17.8 Å². The Balaban J connectivity index is 2.24. The molecule has 106 valence electrons. The van der Waals surface area contributed by atoms with E-state index in [4.69, 9.17) is 26.8 Å². The number of aryl methyl sites for hydroxylation is 1. The summed E-state index contributed by atoms with van der Waals surface area (Å²) in [7, 11) is 0. The number of aromatic nitrogens is 3. The number of nitrogens with zero attached hydrogens (tertiary/aromatic N) is 3. The maximum Gasteiger partial charge on any atom is 0.330 e. The van der Waals surface area contributed by atoms with Gasteiger partial charge in [0.2, 0.25) is 5.95 Å². The van der Waals surface area contributed by atoms with Gasteiger partial charge in [0.25, 0.3) is 0 Å². The molecule has 2 rings (SSSR count). The lowest BCUT2D eigenvalue weighted by molar-refractivity contribution is 0.219. The molecule has 1 aromatic carbocycles. The quantitative estimate of drug-likeness (QED) is 0.933. The van der Waals surface area contributed by atoms with Crippen molar-refractivity contribution in [2.75, 3.05) is 5.73 Å². The molecule has 6 nitrogen and oxygen atoms in total. The number of nitrogens with two attached hydrogens (primary N) is 1. The molecule has 1 aromatic heterocycles. The maximum absolute atomic E-state index is 5.95. The third kappa shape index (κ3) is 3.71. The predicted octanol–water partition coefficient (Wildman–Crippen LogP) is 3.00. The second-order valence-electron chi connectivity index (χ2n) is 4.44. The van der Waals surface area contributed by atoms with Crippen LogP contribution in [0.2, 0.25) is 5.02 Å². The van der Waals surface area contributed by atoms with Crippen LogP contribution in [-0.2, 0) is 0 Å². The first kappa shape index (κ1) is 14.3. The summed E-state index contributed by atoms with van der Waals surface area (Å²) in [5.74, 6) is 0.601. The van der Waals surface area contributed by atoms with Gasteiger partial charge in [-0.25, -0.2) is 0 Å². The number of nitrogen functional groups attached to an aromatic ring is 1.